The van der Waals surface area contributed by atoms with Gasteiger partial charge in [-0.2, -0.15) is 0 Å². The van der Waals surface area contributed by atoms with Gasteiger partial charge in [0.1, 0.15) is 0 Å². The van der Waals surface area contributed by atoms with E-state index in [1.165, 1.54) is 71.2 Å². The van der Waals surface area contributed by atoms with Gasteiger partial charge in [-0.25, -0.2) is 0 Å². The minimum atomic E-state index is 0.443. The molecule has 1 N–H and O–H groups in total. The van der Waals surface area contributed by atoms with Crippen molar-refractivity contribution in [3.63, 3.8) is 0 Å². The van der Waals surface area contributed by atoms with Gasteiger partial charge in [0.25, 0.3) is 0 Å². The van der Waals surface area contributed by atoms with E-state index in [-0.39, 0.29) is 0 Å². The molecule has 2 heterocycles. The van der Waals surface area contributed by atoms with Crippen molar-refractivity contribution in [3.8, 4) is 0 Å². The van der Waals surface area contributed by atoms with Crippen molar-refractivity contribution in [3.05, 3.63) is 35.9 Å². The summed E-state index contributed by atoms with van der Waals surface area (Å²) in [5, 5.41) is 3.58. The van der Waals surface area contributed by atoms with Crippen LogP contribution in [-0.2, 0) is 5.41 Å². The van der Waals surface area contributed by atoms with Crippen molar-refractivity contribution in [2.45, 2.75) is 43.9 Å². The molecule has 2 saturated heterocycles. The predicted octanol–water partition coefficient (Wildman–Crippen LogP) is 3.18. The van der Waals surface area contributed by atoms with Gasteiger partial charge in [-0.05, 0) is 49.8 Å². The second-order valence-electron chi connectivity index (χ2n) is 7.74. The summed E-state index contributed by atoms with van der Waals surface area (Å²) in [6, 6.07) is 11.3. The van der Waals surface area contributed by atoms with Crippen molar-refractivity contribution in [2.24, 2.45) is 5.41 Å². The summed E-state index contributed by atoms with van der Waals surface area (Å²) in [7, 11) is 0. The molecule has 1 spiro atoms. The van der Waals surface area contributed by atoms with Gasteiger partial charge in [0.05, 0.1) is 0 Å². The Morgan fingerprint density at radius 3 is 2.52 bits per heavy atom. The summed E-state index contributed by atoms with van der Waals surface area (Å²) in [5.74, 6) is 0. The smallest absolute Gasteiger partial charge is 0.00803 e. The zero-order chi connectivity index (χ0) is 14.2. The first-order chi connectivity index (χ1) is 10.3. The number of benzene rings is 1. The highest BCUT2D eigenvalue weighted by atomic mass is 15.2. The Morgan fingerprint density at radius 2 is 1.81 bits per heavy atom. The summed E-state index contributed by atoms with van der Waals surface area (Å²) in [4.78, 5) is 2.78. The molecule has 114 valence electrons. The van der Waals surface area contributed by atoms with Crippen molar-refractivity contribution < 1.29 is 0 Å². The van der Waals surface area contributed by atoms with Crippen LogP contribution < -0.4 is 5.32 Å². The quantitative estimate of drug-likeness (QED) is 0.917. The van der Waals surface area contributed by atoms with Crippen LogP contribution in [0, 0.1) is 5.41 Å². The van der Waals surface area contributed by atoms with E-state index in [0.29, 0.717) is 10.8 Å². The second kappa shape index (κ2) is 5.40. The molecule has 0 bridgehead atoms. The third-order valence-electron chi connectivity index (χ3n) is 6.32. The van der Waals surface area contributed by atoms with Crippen LogP contribution in [0.1, 0.15) is 44.1 Å². The first-order valence-electron chi connectivity index (χ1n) is 8.79. The Bertz CT molecular complexity index is 470. The summed E-state index contributed by atoms with van der Waals surface area (Å²) >= 11 is 0. The van der Waals surface area contributed by atoms with Gasteiger partial charge in [0.2, 0.25) is 0 Å². The lowest BCUT2D eigenvalue weighted by Gasteiger charge is -2.35. The van der Waals surface area contributed by atoms with Crippen LogP contribution in [-0.4, -0.2) is 37.6 Å². The van der Waals surface area contributed by atoms with Crippen LogP contribution in [0.15, 0.2) is 30.3 Å². The molecule has 1 atom stereocenters. The van der Waals surface area contributed by atoms with Crippen LogP contribution in [0.25, 0.3) is 0 Å². The number of nitrogens with one attached hydrogen (secondary N) is 1. The lowest BCUT2D eigenvalue weighted by Crippen LogP contribution is -2.39. The van der Waals surface area contributed by atoms with E-state index in [4.69, 9.17) is 0 Å². The van der Waals surface area contributed by atoms with Crippen molar-refractivity contribution in [2.75, 3.05) is 32.7 Å². The normalized spacial score (nSPS) is 32.2. The molecule has 0 aromatic heterocycles. The van der Waals surface area contributed by atoms with E-state index in [0.717, 1.165) is 0 Å². The molecule has 0 amide bonds. The Morgan fingerprint density at radius 1 is 1.00 bits per heavy atom. The maximum atomic E-state index is 3.58. The first kappa shape index (κ1) is 13.8. The van der Waals surface area contributed by atoms with E-state index in [9.17, 15) is 0 Å². The van der Waals surface area contributed by atoms with Gasteiger partial charge in [-0.3, -0.25) is 0 Å². The molecular weight excluding hydrogens is 256 g/mol. The molecule has 4 rings (SSSR count). The van der Waals surface area contributed by atoms with Gasteiger partial charge in [0, 0.05) is 25.0 Å². The first-order valence-corrected chi connectivity index (χ1v) is 8.79. The number of hydrogen-bond donors (Lipinski definition) is 1. The zero-order valence-corrected chi connectivity index (χ0v) is 13.1. The van der Waals surface area contributed by atoms with Gasteiger partial charge >= 0.3 is 0 Å². The van der Waals surface area contributed by atoms with Crippen LogP contribution >= 0.6 is 0 Å². The Hall–Kier alpha value is -0.860. The van der Waals surface area contributed by atoms with Gasteiger partial charge in [-0.15, -0.1) is 0 Å². The zero-order valence-electron chi connectivity index (χ0n) is 13.1. The average molecular weight is 284 g/mol. The number of nitrogens with zero attached hydrogens (tertiary/aromatic N) is 1. The fourth-order valence-corrected chi connectivity index (χ4v) is 5.12. The molecule has 1 unspecified atom stereocenters. The van der Waals surface area contributed by atoms with Crippen LogP contribution in [0.3, 0.4) is 0 Å². The van der Waals surface area contributed by atoms with Gasteiger partial charge in [0.15, 0.2) is 0 Å². The van der Waals surface area contributed by atoms with Crippen LogP contribution in [0.2, 0.25) is 0 Å². The van der Waals surface area contributed by atoms with E-state index in [1.54, 1.807) is 5.56 Å². The van der Waals surface area contributed by atoms with Gasteiger partial charge in [-0.1, -0.05) is 43.2 Å². The molecule has 1 aliphatic carbocycles. The van der Waals surface area contributed by atoms with Crippen LogP contribution in [0.5, 0.6) is 0 Å². The third kappa shape index (κ3) is 2.53. The van der Waals surface area contributed by atoms with E-state index < -0.39 is 0 Å². The molecule has 3 aliphatic rings. The van der Waals surface area contributed by atoms with E-state index in [2.05, 4.69) is 40.5 Å². The highest BCUT2D eigenvalue weighted by Crippen LogP contribution is 2.44. The Balaban J connectivity index is 1.51. The Kier molecular flexibility index (Phi) is 3.55. The topological polar surface area (TPSA) is 15.3 Å². The lowest BCUT2D eigenvalue weighted by atomic mass is 9.78. The fourth-order valence-electron chi connectivity index (χ4n) is 5.12. The molecule has 2 aliphatic heterocycles. The highest BCUT2D eigenvalue weighted by Gasteiger charge is 2.44. The highest BCUT2D eigenvalue weighted by molar-refractivity contribution is 5.27. The number of likely N-dealkylation sites (tertiary alicyclic amines) is 1. The lowest BCUT2D eigenvalue weighted by molar-refractivity contribution is 0.217. The summed E-state index contributed by atoms with van der Waals surface area (Å²) in [6.07, 6.45) is 8.40. The SMILES string of the molecule is c1ccc(C2(CN3CCC4(CCNC4)C3)CCCC2)cc1. The fraction of sp³-hybridized carbons (Fsp3) is 0.684. The average Bonchev–Trinajstić information content (AvgIpc) is 3.25. The molecular formula is C19H28N2. The number of rotatable bonds is 3. The second-order valence-corrected chi connectivity index (χ2v) is 7.74. The molecule has 21 heavy (non-hydrogen) atoms. The van der Waals surface area contributed by atoms with Crippen LogP contribution in [0.4, 0.5) is 0 Å². The molecule has 1 aromatic rings. The summed E-state index contributed by atoms with van der Waals surface area (Å²) in [5.41, 5.74) is 2.64. The van der Waals surface area contributed by atoms with Crippen molar-refractivity contribution in [1.29, 1.82) is 0 Å². The molecule has 2 nitrogen and oxygen atoms in total. The molecule has 2 heteroatoms. The molecule has 0 radical (unpaired) electrons. The molecule has 3 fully saturated rings. The number of hydrogen-bond acceptors (Lipinski definition) is 2. The molecule has 1 saturated carbocycles. The summed E-state index contributed by atoms with van der Waals surface area (Å²) < 4.78 is 0. The van der Waals surface area contributed by atoms with E-state index >= 15 is 0 Å². The predicted molar refractivity (Wildman–Crippen MR) is 87.6 cm³/mol. The monoisotopic (exact) mass is 284 g/mol. The minimum Gasteiger partial charge on any atom is -0.316 e. The van der Waals surface area contributed by atoms with Crippen molar-refractivity contribution in [1.82, 2.24) is 10.2 Å². The molecule has 1 aromatic carbocycles. The third-order valence-corrected chi connectivity index (χ3v) is 6.32. The Labute approximate surface area is 128 Å². The largest absolute Gasteiger partial charge is 0.316 e. The van der Waals surface area contributed by atoms with E-state index in [1.807, 2.05) is 0 Å². The minimum absolute atomic E-state index is 0.443. The standard InChI is InChI=1S/C19H28N2/c1-2-6-17(7-3-1)19(8-4-5-9-19)16-21-13-11-18(15-21)10-12-20-14-18/h1-3,6-7,20H,4-5,8-16H2. The van der Waals surface area contributed by atoms with Gasteiger partial charge < -0.3 is 10.2 Å². The summed E-state index contributed by atoms with van der Waals surface area (Å²) in [6.45, 7) is 6.42. The maximum Gasteiger partial charge on any atom is 0.00803 e. The van der Waals surface area contributed by atoms with Crippen molar-refractivity contribution >= 4 is 0 Å². The maximum absolute atomic E-state index is 3.58.